The van der Waals surface area contributed by atoms with Crippen molar-refractivity contribution in [3.63, 3.8) is 0 Å². The Kier molecular flexibility index (Phi) is 10.7. The Balaban J connectivity index is 2.20. The van der Waals surface area contributed by atoms with Crippen LogP contribution in [0.3, 0.4) is 0 Å². The zero-order valence-corrected chi connectivity index (χ0v) is 23.3. The molecule has 2 atom stereocenters. The predicted octanol–water partition coefficient (Wildman–Crippen LogP) is 9.17. The first-order valence-corrected chi connectivity index (χ1v) is 13.0. The fourth-order valence-corrected chi connectivity index (χ4v) is 5.59. The normalized spacial score (nSPS) is 13.5. The van der Waals surface area contributed by atoms with Crippen molar-refractivity contribution >= 4 is 27.3 Å². The molecule has 3 heteroatoms. The van der Waals surface area contributed by atoms with Gasteiger partial charge in [0.05, 0.1) is 12.8 Å². The second-order valence-corrected chi connectivity index (χ2v) is 10.1. The van der Waals surface area contributed by atoms with Crippen molar-refractivity contribution < 1.29 is 4.74 Å². The minimum atomic E-state index is 0.324. The van der Waals surface area contributed by atoms with Crippen LogP contribution in [0.5, 0.6) is 5.75 Å². The molecular formula is C30H40BrNO. The molecule has 0 saturated carbocycles. The van der Waals surface area contributed by atoms with Crippen LogP contribution in [0.25, 0.3) is 0 Å². The maximum Gasteiger partial charge on any atom is 0.120 e. The van der Waals surface area contributed by atoms with E-state index in [1.165, 1.54) is 35.2 Å². The Hall–Kier alpha value is -2.05. The van der Waals surface area contributed by atoms with Gasteiger partial charge in [-0.1, -0.05) is 74.4 Å². The molecule has 0 saturated heterocycles. The summed E-state index contributed by atoms with van der Waals surface area (Å²) < 4.78 is 6.42. The standard InChI is InChI=1S/C30H40BrNO/c1-9-26(10-2)21(4)17-22(5)32-29-19-28(31)30(24(7)23(29)6)20(3)13-11-14-25-15-12-16-27(18-25)33-8/h12,15-16,18-21,26H,9-10,13,17H2,1-8H3. The molecule has 0 heterocycles. The van der Waals surface area contributed by atoms with Gasteiger partial charge in [-0.25, -0.2) is 0 Å². The summed E-state index contributed by atoms with van der Waals surface area (Å²) >= 11 is 3.84. The van der Waals surface area contributed by atoms with Gasteiger partial charge in [-0.05, 0) is 85.9 Å². The Morgan fingerprint density at radius 1 is 1.09 bits per heavy atom. The Bertz CT molecular complexity index is 1020. The fourth-order valence-electron chi connectivity index (χ4n) is 4.69. The van der Waals surface area contributed by atoms with Gasteiger partial charge in [-0.2, -0.15) is 0 Å². The first-order chi connectivity index (χ1) is 15.7. The molecule has 0 aliphatic carbocycles. The van der Waals surface area contributed by atoms with Gasteiger partial charge in [0, 0.05) is 22.2 Å². The van der Waals surface area contributed by atoms with Crippen LogP contribution in [0, 0.1) is 37.5 Å². The molecule has 0 aliphatic rings. The summed E-state index contributed by atoms with van der Waals surface area (Å²) in [6.45, 7) is 15.8. The van der Waals surface area contributed by atoms with Crippen LogP contribution in [-0.2, 0) is 0 Å². The highest BCUT2D eigenvalue weighted by Crippen LogP contribution is 2.37. The van der Waals surface area contributed by atoms with Gasteiger partial charge in [0.15, 0.2) is 0 Å². The Morgan fingerprint density at radius 3 is 2.42 bits per heavy atom. The molecular weight excluding hydrogens is 470 g/mol. The first-order valence-electron chi connectivity index (χ1n) is 12.2. The summed E-state index contributed by atoms with van der Waals surface area (Å²) in [6, 6.07) is 10.1. The molecule has 0 radical (unpaired) electrons. The fraction of sp³-hybridized carbons (Fsp3) is 0.500. The molecule has 0 spiro atoms. The van der Waals surface area contributed by atoms with E-state index in [-0.39, 0.29) is 0 Å². The number of rotatable bonds is 9. The van der Waals surface area contributed by atoms with E-state index in [0.29, 0.717) is 11.8 Å². The highest BCUT2D eigenvalue weighted by atomic mass is 79.9. The predicted molar refractivity (Wildman–Crippen MR) is 147 cm³/mol. The van der Waals surface area contributed by atoms with Crippen molar-refractivity contribution in [1.29, 1.82) is 0 Å². The summed E-state index contributed by atoms with van der Waals surface area (Å²) in [4.78, 5) is 5.04. The third-order valence-corrected chi connectivity index (χ3v) is 7.51. The molecule has 2 unspecified atom stereocenters. The van der Waals surface area contributed by atoms with Crippen molar-refractivity contribution in [2.24, 2.45) is 16.8 Å². The van der Waals surface area contributed by atoms with Crippen LogP contribution in [0.4, 0.5) is 5.69 Å². The lowest BCUT2D eigenvalue weighted by molar-refractivity contribution is 0.345. The quantitative estimate of drug-likeness (QED) is 0.243. The number of ether oxygens (including phenoxy) is 1. The highest BCUT2D eigenvalue weighted by Gasteiger charge is 2.17. The van der Waals surface area contributed by atoms with Gasteiger partial charge in [0.1, 0.15) is 5.75 Å². The average molecular weight is 511 g/mol. The summed E-state index contributed by atoms with van der Waals surface area (Å²) in [5, 5.41) is 0. The smallest absolute Gasteiger partial charge is 0.120 e. The number of benzene rings is 2. The van der Waals surface area contributed by atoms with Gasteiger partial charge in [-0.15, -0.1) is 0 Å². The van der Waals surface area contributed by atoms with Crippen molar-refractivity contribution in [2.75, 3.05) is 7.11 Å². The number of aliphatic imine (C=N–C) groups is 1. The van der Waals surface area contributed by atoms with Crippen molar-refractivity contribution in [3.05, 3.63) is 57.1 Å². The summed E-state index contributed by atoms with van der Waals surface area (Å²) in [7, 11) is 1.68. The number of hydrogen-bond acceptors (Lipinski definition) is 2. The monoisotopic (exact) mass is 509 g/mol. The second-order valence-electron chi connectivity index (χ2n) is 9.29. The summed E-state index contributed by atoms with van der Waals surface area (Å²) in [5.74, 6) is 9.24. The van der Waals surface area contributed by atoms with Gasteiger partial charge in [0.25, 0.3) is 0 Å². The van der Waals surface area contributed by atoms with Crippen LogP contribution in [0.15, 0.2) is 39.8 Å². The van der Waals surface area contributed by atoms with Crippen LogP contribution in [-0.4, -0.2) is 12.8 Å². The largest absolute Gasteiger partial charge is 0.497 e. The first kappa shape index (κ1) is 27.2. The molecule has 0 fully saturated rings. The molecule has 0 bridgehead atoms. The van der Waals surface area contributed by atoms with Gasteiger partial charge in [0.2, 0.25) is 0 Å². The van der Waals surface area contributed by atoms with E-state index in [0.717, 1.165) is 40.2 Å². The van der Waals surface area contributed by atoms with Crippen LogP contribution in [0.2, 0.25) is 0 Å². The third kappa shape index (κ3) is 7.47. The molecule has 0 aromatic heterocycles. The van der Waals surface area contributed by atoms with Crippen molar-refractivity contribution in [1.82, 2.24) is 0 Å². The second kappa shape index (κ2) is 13.0. The van der Waals surface area contributed by atoms with Crippen LogP contribution >= 0.6 is 15.9 Å². The summed E-state index contributed by atoms with van der Waals surface area (Å²) in [6.07, 6.45) is 4.33. The molecule has 178 valence electrons. The molecule has 33 heavy (non-hydrogen) atoms. The van der Waals surface area contributed by atoms with Crippen LogP contribution < -0.4 is 4.74 Å². The molecule has 0 N–H and O–H groups in total. The SMILES string of the molecule is CCC(CC)C(C)CC(C)=Nc1cc(Br)c(C(C)CC#Cc2cccc(OC)c2)c(C)c1C. The van der Waals surface area contributed by atoms with Crippen molar-refractivity contribution in [2.45, 2.75) is 80.1 Å². The minimum absolute atomic E-state index is 0.324. The van der Waals surface area contributed by atoms with E-state index in [2.05, 4.69) is 82.3 Å². The highest BCUT2D eigenvalue weighted by molar-refractivity contribution is 9.10. The van der Waals surface area contributed by atoms with Gasteiger partial charge < -0.3 is 4.74 Å². The lowest BCUT2D eigenvalue weighted by Crippen LogP contribution is -2.13. The van der Waals surface area contributed by atoms with Gasteiger partial charge >= 0.3 is 0 Å². The molecule has 0 amide bonds. The zero-order valence-electron chi connectivity index (χ0n) is 21.7. The van der Waals surface area contributed by atoms with E-state index in [4.69, 9.17) is 9.73 Å². The maximum absolute atomic E-state index is 5.29. The number of hydrogen-bond donors (Lipinski definition) is 0. The van der Waals surface area contributed by atoms with E-state index in [9.17, 15) is 0 Å². The Labute approximate surface area is 210 Å². The molecule has 2 aromatic carbocycles. The van der Waals surface area contributed by atoms with E-state index < -0.39 is 0 Å². The lowest BCUT2D eigenvalue weighted by Gasteiger charge is -2.21. The zero-order chi connectivity index (χ0) is 24.5. The van der Waals surface area contributed by atoms with E-state index in [1.54, 1.807) is 7.11 Å². The maximum atomic E-state index is 5.29. The van der Waals surface area contributed by atoms with Gasteiger partial charge in [-0.3, -0.25) is 4.99 Å². The Morgan fingerprint density at radius 2 is 1.79 bits per heavy atom. The van der Waals surface area contributed by atoms with Crippen molar-refractivity contribution in [3.8, 4) is 17.6 Å². The molecule has 2 aromatic rings. The average Bonchev–Trinajstić information content (AvgIpc) is 2.78. The molecule has 2 rings (SSSR count). The van der Waals surface area contributed by atoms with E-state index >= 15 is 0 Å². The molecule has 2 nitrogen and oxygen atoms in total. The summed E-state index contributed by atoms with van der Waals surface area (Å²) in [5.41, 5.74) is 7.17. The topological polar surface area (TPSA) is 21.6 Å². The minimum Gasteiger partial charge on any atom is -0.497 e. The number of methoxy groups -OCH3 is 1. The van der Waals surface area contributed by atoms with Crippen LogP contribution in [0.1, 0.15) is 88.5 Å². The molecule has 0 aliphatic heterocycles. The number of halogens is 1. The van der Waals surface area contributed by atoms with E-state index in [1.807, 2.05) is 24.3 Å². The lowest BCUT2D eigenvalue weighted by atomic mass is 9.86. The number of nitrogens with zero attached hydrogens (tertiary/aromatic N) is 1. The third-order valence-electron chi connectivity index (χ3n) is 6.86.